The molecule has 1 unspecified atom stereocenters. The number of carbonyl (C=O) groups is 1. The van der Waals surface area contributed by atoms with Gasteiger partial charge in [-0.2, -0.15) is 0 Å². The van der Waals surface area contributed by atoms with Crippen molar-refractivity contribution in [3.05, 3.63) is 77.1 Å². The normalized spacial score (nSPS) is 16.4. The Balaban J connectivity index is 1.66. The van der Waals surface area contributed by atoms with Crippen molar-refractivity contribution in [3.8, 4) is 0 Å². The van der Waals surface area contributed by atoms with Gasteiger partial charge in [0.2, 0.25) is 0 Å². The first-order valence-electron chi connectivity index (χ1n) is 8.04. The van der Waals surface area contributed by atoms with E-state index in [2.05, 4.69) is 5.16 Å². The van der Waals surface area contributed by atoms with E-state index in [-0.39, 0.29) is 18.5 Å². The summed E-state index contributed by atoms with van der Waals surface area (Å²) in [6, 6.07) is 12.9. The van der Waals surface area contributed by atoms with Crippen LogP contribution in [-0.4, -0.2) is 28.6 Å². The van der Waals surface area contributed by atoms with E-state index in [4.69, 9.17) is 10.6 Å². The van der Waals surface area contributed by atoms with Gasteiger partial charge in [0.05, 0.1) is 12.3 Å². The molecule has 134 valence electrons. The van der Waals surface area contributed by atoms with Crippen LogP contribution in [0.3, 0.4) is 0 Å². The molecule has 0 fully saturated rings. The van der Waals surface area contributed by atoms with Gasteiger partial charge in [0.1, 0.15) is 5.82 Å². The lowest BCUT2D eigenvalue weighted by Gasteiger charge is -2.08. The third-order valence-corrected chi connectivity index (χ3v) is 3.97. The summed E-state index contributed by atoms with van der Waals surface area (Å²) in [4.78, 5) is 16.2. The Labute approximate surface area is 149 Å². The number of carbonyl (C=O) groups excluding carboxylic acids is 1. The summed E-state index contributed by atoms with van der Waals surface area (Å²) in [5, 5.41) is 13.8. The highest BCUT2D eigenvalue weighted by Crippen LogP contribution is 2.29. The van der Waals surface area contributed by atoms with E-state index in [9.17, 15) is 14.4 Å². The Morgan fingerprint density at radius 2 is 2.12 bits per heavy atom. The van der Waals surface area contributed by atoms with Crippen LogP contribution in [0.1, 0.15) is 29.2 Å². The summed E-state index contributed by atoms with van der Waals surface area (Å²) in [6.07, 6.45) is 3.75. The minimum absolute atomic E-state index is 0.00371. The fraction of sp³-hybridized carbons (Fsp3) is 0.158. The van der Waals surface area contributed by atoms with Gasteiger partial charge in [0, 0.05) is 12.0 Å². The molecule has 3 N–H and O–H groups in total. The molecular weight excluding hydrogens is 337 g/mol. The van der Waals surface area contributed by atoms with Crippen LogP contribution in [0.25, 0.3) is 6.08 Å². The van der Waals surface area contributed by atoms with Crippen molar-refractivity contribution in [2.45, 2.75) is 12.5 Å². The number of rotatable bonds is 5. The Kier molecular flexibility index (Phi) is 5.28. The Bertz CT molecular complexity index is 849. The smallest absolute Gasteiger partial charge is 0.338 e. The summed E-state index contributed by atoms with van der Waals surface area (Å²) in [5.74, 6) is -0.287. The van der Waals surface area contributed by atoms with Gasteiger partial charge in [-0.3, -0.25) is 5.21 Å². The van der Waals surface area contributed by atoms with Gasteiger partial charge in [0.15, 0.2) is 6.10 Å². The molecule has 0 bridgehead atoms. The van der Waals surface area contributed by atoms with E-state index in [1.807, 2.05) is 24.3 Å². The summed E-state index contributed by atoms with van der Waals surface area (Å²) in [5.41, 5.74) is 8.41. The predicted molar refractivity (Wildman–Crippen MR) is 94.9 cm³/mol. The van der Waals surface area contributed by atoms with E-state index < -0.39 is 6.03 Å². The molecule has 2 amide bonds. The molecule has 26 heavy (non-hydrogen) atoms. The summed E-state index contributed by atoms with van der Waals surface area (Å²) in [6.45, 7) is -0.00371. The van der Waals surface area contributed by atoms with Crippen molar-refractivity contribution in [1.82, 2.24) is 5.06 Å². The number of primary amides is 1. The molecule has 1 heterocycles. The fourth-order valence-electron chi connectivity index (χ4n) is 2.60. The number of nitrogens with two attached hydrogens (primary N) is 1. The molecule has 6 nitrogen and oxygen atoms in total. The molecule has 1 atom stereocenters. The first-order valence-corrected chi connectivity index (χ1v) is 8.04. The third-order valence-electron chi connectivity index (χ3n) is 3.97. The summed E-state index contributed by atoms with van der Waals surface area (Å²) in [7, 11) is 0. The number of oxime groups is 1. The second kappa shape index (κ2) is 7.79. The van der Waals surface area contributed by atoms with Gasteiger partial charge in [0.25, 0.3) is 0 Å². The lowest BCUT2D eigenvalue weighted by molar-refractivity contribution is -0.0286. The summed E-state index contributed by atoms with van der Waals surface area (Å²) < 4.78 is 13.0. The third kappa shape index (κ3) is 4.25. The van der Waals surface area contributed by atoms with Crippen LogP contribution < -0.4 is 5.73 Å². The second-order valence-corrected chi connectivity index (χ2v) is 5.84. The van der Waals surface area contributed by atoms with Crippen LogP contribution >= 0.6 is 0 Å². The number of urea groups is 1. The maximum absolute atomic E-state index is 13.0. The number of amides is 2. The molecular formula is C19H18FN3O3. The highest BCUT2D eigenvalue weighted by atomic mass is 19.1. The SMILES string of the molecule is NC(=O)N(O)C/C=C\c1cccc(C2=NOC(c3ccc(F)cc3)C2)c1. The fourth-order valence-corrected chi connectivity index (χ4v) is 2.60. The van der Waals surface area contributed by atoms with Crippen molar-refractivity contribution in [2.24, 2.45) is 10.9 Å². The van der Waals surface area contributed by atoms with E-state index in [1.54, 1.807) is 24.3 Å². The zero-order valence-corrected chi connectivity index (χ0v) is 13.9. The molecule has 0 aliphatic carbocycles. The van der Waals surface area contributed by atoms with Crippen LogP contribution in [0.15, 0.2) is 59.8 Å². The number of hydrogen-bond acceptors (Lipinski definition) is 4. The lowest BCUT2D eigenvalue weighted by Crippen LogP contribution is -2.32. The topological polar surface area (TPSA) is 88.2 Å². The molecule has 0 saturated carbocycles. The molecule has 7 heteroatoms. The van der Waals surface area contributed by atoms with E-state index >= 15 is 0 Å². The first kappa shape index (κ1) is 17.6. The van der Waals surface area contributed by atoms with Gasteiger partial charge >= 0.3 is 6.03 Å². The number of hydrogen-bond donors (Lipinski definition) is 2. The number of hydroxylamine groups is 2. The van der Waals surface area contributed by atoms with E-state index in [1.165, 1.54) is 12.1 Å². The van der Waals surface area contributed by atoms with Crippen LogP contribution in [0, 0.1) is 5.82 Å². The number of benzene rings is 2. The van der Waals surface area contributed by atoms with Crippen molar-refractivity contribution in [3.63, 3.8) is 0 Å². The minimum atomic E-state index is -0.910. The maximum Gasteiger partial charge on any atom is 0.338 e. The number of nitrogens with zero attached hydrogens (tertiary/aromatic N) is 2. The second-order valence-electron chi connectivity index (χ2n) is 5.84. The Morgan fingerprint density at radius 3 is 2.85 bits per heavy atom. The van der Waals surface area contributed by atoms with Gasteiger partial charge in [-0.05, 0) is 29.3 Å². The molecule has 3 rings (SSSR count). The first-order chi connectivity index (χ1) is 12.5. The predicted octanol–water partition coefficient (Wildman–Crippen LogP) is 3.47. The lowest BCUT2D eigenvalue weighted by atomic mass is 9.99. The highest BCUT2D eigenvalue weighted by Gasteiger charge is 2.23. The van der Waals surface area contributed by atoms with Crippen LogP contribution in [0.4, 0.5) is 9.18 Å². The molecule has 0 saturated heterocycles. The molecule has 1 aliphatic heterocycles. The standard InChI is InChI=1S/C19H18FN3O3/c20-16-8-6-14(7-9-16)18-12-17(22-26-18)15-5-1-3-13(11-15)4-2-10-23(25)19(21)24/h1-9,11,18,25H,10,12H2,(H2,21,24)/b4-2-. The van der Waals surface area contributed by atoms with Gasteiger partial charge in [-0.15, -0.1) is 0 Å². The average molecular weight is 355 g/mol. The van der Waals surface area contributed by atoms with Crippen LogP contribution in [0.5, 0.6) is 0 Å². The summed E-state index contributed by atoms with van der Waals surface area (Å²) >= 11 is 0. The molecule has 1 aliphatic rings. The van der Waals surface area contributed by atoms with E-state index in [0.29, 0.717) is 11.5 Å². The molecule has 0 radical (unpaired) electrons. The molecule has 0 aromatic heterocycles. The van der Waals surface area contributed by atoms with Crippen molar-refractivity contribution in [2.75, 3.05) is 6.54 Å². The Morgan fingerprint density at radius 1 is 1.35 bits per heavy atom. The van der Waals surface area contributed by atoms with Crippen molar-refractivity contribution in [1.29, 1.82) is 0 Å². The monoisotopic (exact) mass is 355 g/mol. The van der Waals surface area contributed by atoms with Crippen molar-refractivity contribution < 1.29 is 19.2 Å². The maximum atomic E-state index is 13.0. The molecule has 2 aromatic rings. The highest BCUT2D eigenvalue weighted by molar-refractivity contribution is 6.01. The van der Waals surface area contributed by atoms with Crippen LogP contribution in [0.2, 0.25) is 0 Å². The van der Waals surface area contributed by atoms with Crippen molar-refractivity contribution >= 4 is 17.8 Å². The minimum Gasteiger partial charge on any atom is -0.387 e. The number of halogens is 1. The average Bonchev–Trinajstić information content (AvgIpc) is 3.12. The zero-order valence-electron chi connectivity index (χ0n) is 13.9. The van der Waals surface area contributed by atoms with Gasteiger partial charge in [-0.25, -0.2) is 14.2 Å². The Hall–Kier alpha value is -3.19. The zero-order chi connectivity index (χ0) is 18.5. The molecule has 2 aromatic carbocycles. The quantitative estimate of drug-likeness (QED) is 0.636. The van der Waals surface area contributed by atoms with Gasteiger partial charge < -0.3 is 10.6 Å². The molecule has 0 spiro atoms. The van der Waals surface area contributed by atoms with Gasteiger partial charge in [-0.1, -0.05) is 47.6 Å². The van der Waals surface area contributed by atoms with Crippen LogP contribution in [-0.2, 0) is 4.84 Å². The largest absolute Gasteiger partial charge is 0.387 e. The van der Waals surface area contributed by atoms with E-state index in [0.717, 1.165) is 22.4 Å².